The Hall–Kier alpha value is -1.13. The van der Waals surface area contributed by atoms with E-state index in [1.807, 2.05) is 12.3 Å². The Morgan fingerprint density at radius 2 is 2.21 bits per heavy atom. The van der Waals surface area contributed by atoms with Gasteiger partial charge < -0.3 is 14.8 Å². The van der Waals surface area contributed by atoms with Gasteiger partial charge in [-0.05, 0) is 38.7 Å². The van der Waals surface area contributed by atoms with E-state index in [1.54, 1.807) is 7.11 Å². The van der Waals surface area contributed by atoms with Crippen molar-refractivity contribution in [3.05, 3.63) is 23.9 Å². The zero-order chi connectivity index (χ0) is 13.5. The Labute approximate surface area is 115 Å². The van der Waals surface area contributed by atoms with Crippen LogP contribution in [-0.4, -0.2) is 30.8 Å². The van der Waals surface area contributed by atoms with Gasteiger partial charge in [0.15, 0.2) is 0 Å². The average molecular weight is 264 g/mol. The van der Waals surface area contributed by atoms with Crippen LogP contribution in [0, 0.1) is 0 Å². The molecule has 0 saturated heterocycles. The maximum Gasteiger partial charge on any atom is 0.131 e. The molecule has 0 spiro atoms. The largest absolute Gasteiger partial charge is 0.381 e. The second-order valence-electron chi connectivity index (χ2n) is 5.00. The van der Waals surface area contributed by atoms with E-state index >= 15 is 0 Å². The average Bonchev–Trinajstić information content (AvgIpc) is 2.47. The van der Waals surface area contributed by atoms with Gasteiger partial charge in [-0.25, -0.2) is 4.98 Å². The molecule has 19 heavy (non-hydrogen) atoms. The predicted molar refractivity (Wildman–Crippen MR) is 76.2 cm³/mol. The van der Waals surface area contributed by atoms with Crippen LogP contribution in [0.15, 0.2) is 18.3 Å². The summed E-state index contributed by atoms with van der Waals surface area (Å²) in [5, 5.41) is 3.27. The second kappa shape index (κ2) is 7.46. The van der Waals surface area contributed by atoms with Crippen LogP contribution >= 0.6 is 0 Å². The molecule has 2 atom stereocenters. The molecule has 1 aliphatic rings. The molecule has 0 amide bonds. The zero-order valence-electron chi connectivity index (χ0n) is 11.9. The molecule has 1 heterocycles. The Balaban J connectivity index is 1.87. The number of hydrogen-bond donors (Lipinski definition) is 1. The van der Waals surface area contributed by atoms with E-state index in [1.165, 1.54) is 6.42 Å². The van der Waals surface area contributed by atoms with E-state index in [0.717, 1.165) is 37.2 Å². The molecule has 106 valence electrons. The van der Waals surface area contributed by atoms with Crippen LogP contribution in [0.1, 0.15) is 38.2 Å². The van der Waals surface area contributed by atoms with Crippen LogP contribution < -0.4 is 5.32 Å². The smallest absolute Gasteiger partial charge is 0.131 e. The predicted octanol–water partition coefficient (Wildman–Crippen LogP) is 2.99. The van der Waals surface area contributed by atoms with Crippen molar-refractivity contribution in [2.24, 2.45) is 0 Å². The molecule has 2 unspecified atom stereocenters. The SMILES string of the molecule is CCNc1ncccc1COC1CCCC(OC)C1. The first-order valence-electron chi connectivity index (χ1n) is 7.15. The quantitative estimate of drug-likeness (QED) is 0.858. The number of aromatic nitrogens is 1. The van der Waals surface area contributed by atoms with Crippen LogP contribution in [0.25, 0.3) is 0 Å². The summed E-state index contributed by atoms with van der Waals surface area (Å²) in [4.78, 5) is 4.35. The van der Waals surface area contributed by atoms with E-state index in [2.05, 4.69) is 23.3 Å². The first-order valence-corrected chi connectivity index (χ1v) is 7.15. The van der Waals surface area contributed by atoms with Crippen molar-refractivity contribution in [3.8, 4) is 0 Å². The fourth-order valence-corrected chi connectivity index (χ4v) is 2.56. The summed E-state index contributed by atoms with van der Waals surface area (Å²) in [6, 6.07) is 4.03. The minimum atomic E-state index is 0.313. The van der Waals surface area contributed by atoms with E-state index < -0.39 is 0 Å². The highest BCUT2D eigenvalue weighted by Crippen LogP contribution is 2.24. The summed E-state index contributed by atoms with van der Waals surface area (Å²) in [5.41, 5.74) is 1.13. The van der Waals surface area contributed by atoms with Crippen LogP contribution in [0.2, 0.25) is 0 Å². The van der Waals surface area contributed by atoms with E-state index in [-0.39, 0.29) is 0 Å². The Kier molecular flexibility index (Phi) is 5.61. The van der Waals surface area contributed by atoms with Gasteiger partial charge in [0, 0.05) is 25.4 Å². The van der Waals surface area contributed by atoms with E-state index in [9.17, 15) is 0 Å². The topological polar surface area (TPSA) is 43.4 Å². The molecule has 1 N–H and O–H groups in total. The standard InChI is InChI=1S/C15H24N2O2/c1-3-16-15-12(6-5-9-17-15)11-19-14-8-4-7-13(10-14)18-2/h5-6,9,13-14H,3-4,7-8,10-11H2,1-2H3,(H,16,17). The molecular weight excluding hydrogens is 240 g/mol. The van der Waals surface area contributed by atoms with Crippen molar-refractivity contribution in [2.75, 3.05) is 19.0 Å². The molecule has 0 radical (unpaired) electrons. The number of nitrogens with one attached hydrogen (secondary N) is 1. The van der Waals surface area contributed by atoms with Crippen molar-refractivity contribution >= 4 is 5.82 Å². The van der Waals surface area contributed by atoms with Gasteiger partial charge in [0.1, 0.15) is 5.82 Å². The minimum Gasteiger partial charge on any atom is -0.381 e. The van der Waals surface area contributed by atoms with Crippen molar-refractivity contribution in [2.45, 2.75) is 51.4 Å². The first kappa shape index (κ1) is 14.3. The van der Waals surface area contributed by atoms with Crippen LogP contribution in [0.4, 0.5) is 5.82 Å². The van der Waals surface area contributed by atoms with Crippen LogP contribution in [0.5, 0.6) is 0 Å². The number of nitrogens with zero attached hydrogens (tertiary/aromatic N) is 1. The van der Waals surface area contributed by atoms with Gasteiger partial charge in [0.2, 0.25) is 0 Å². The van der Waals surface area contributed by atoms with Gasteiger partial charge in [0.25, 0.3) is 0 Å². The Morgan fingerprint density at radius 1 is 1.37 bits per heavy atom. The van der Waals surface area contributed by atoms with E-state index in [0.29, 0.717) is 18.8 Å². The first-order chi connectivity index (χ1) is 9.33. The number of methoxy groups -OCH3 is 1. The molecule has 4 heteroatoms. The number of anilines is 1. The highest BCUT2D eigenvalue weighted by atomic mass is 16.5. The van der Waals surface area contributed by atoms with Gasteiger partial charge in [0.05, 0.1) is 18.8 Å². The lowest BCUT2D eigenvalue weighted by atomic mass is 9.95. The van der Waals surface area contributed by atoms with Gasteiger partial charge in [-0.15, -0.1) is 0 Å². The van der Waals surface area contributed by atoms with Crippen LogP contribution in [0.3, 0.4) is 0 Å². The molecule has 0 aromatic carbocycles. The molecule has 0 bridgehead atoms. The fourth-order valence-electron chi connectivity index (χ4n) is 2.56. The Bertz CT molecular complexity index is 384. The molecule has 4 nitrogen and oxygen atoms in total. The van der Waals surface area contributed by atoms with E-state index in [4.69, 9.17) is 9.47 Å². The van der Waals surface area contributed by atoms with Crippen molar-refractivity contribution < 1.29 is 9.47 Å². The zero-order valence-corrected chi connectivity index (χ0v) is 11.9. The molecular formula is C15H24N2O2. The third-order valence-corrected chi connectivity index (χ3v) is 3.62. The van der Waals surface area contributed by atoms with Gasteiger partial charge in [-0.1, -0.05) is 6.07 Å². The molecule has 2 rings (SSSR count). The van der Waals surface area contributed by atoms with Gasteiger partial charge >= 0.3 is 0 Å². The lowest BCUT2D eigenvalue weighted by Crippen LogP contribution is -2.27. The fraction of sp³-hybridized carbons (Fsp3) is 0.667. The molecule has 0 aliphatic heterocycles. The third kappa shape index (κ3) is 4.18. The van der Waals surface area contributed by atoms with Crippen molar-refractivity contribution in [1.82, 2.24) is 4.98 Å². The lowest BCUT2D eigenvalue weighted by Gasteiger charge is -2.28. The van der Waals surface area contributed by atoms with Gasteiger partial charge in [-0.3, -0.25) is 0 Å². The summed E-state index contributed by atoms with van der Waals surface area (Å²) < 4.78 is 11.5. The second-order valence-corrected chi connectivity index (χ2v) is 5.00. The van der Waals surface area contributed by atoms with Crippen molar-refractivity contribution in [1.29, 1.82) is 0 Å². The summed E-state index contributed by atoms with van der Waals surface area (Å²) in [6.45, 7) is 3.57. The maximum absolute atomic E-state index is 6.03. The summed E-state index contributed by atoms with van der Waals surface area (Å²) in [5.74, 6) is 0.934. The highest BCUT2D eigenvalue weighted by Gasteiger charge is 2.22. The molecule has 1 aromatic heterocycles. The monoisotopic (exact) mass is 264 g/mol. The molecule has 1 saturated carbocycles. The number of hydrogen-bond acceptors (Lipinski definition) is 4. The normalized spacial score (nSPS) is 23.3. The van der Waals surface area contributed by atoms with Crippen molar-refractivity contribution in [3.63, 3.8) is 0 Å². The summed E-state index contributed by atoms with van der Waals surface area (Å²) in [6.07, 6.45) is 6.98. The number of rotatable bonds is 6. The number of ether oxygens (including phenoxy) is 2. The minimum absolute atomic E-state index is 0.313. The maximum atomic E-state index is 6.03. The van der Waals surface area contributed by atoms with Crippen LogP contribution in [-0.2, 0) is 16.1 Å². The molecule has 1 fully saturated rings. The third-order valence-electron chi connectivity index (χ3n) is 3.62. The van der Waals surface area contributed by atoms with Gasteiger partial charge in [-0.2, -0.15) is 0 Å². The summed E-state index contributed by atoms with van der Waals surface area (Å²) in [7, 11) is 1.79. The lowest BCUT2D eigenvalue weighted by molar-refractivity contribution is -0.0362. The molecule has 1 aromatic rings. The highest BCUT2D eigenvalue weighted by molar-refractivity contribution is 5.42. The number of pyridine rings is 1. The summed E-state index contributed by atoms with van der Waals surface area (Å²) >= 11 is 0. The Morgan fingerprint density at radius 3 is 3.00 bits per heavy atom. The molecule has 1 aliphatic carbocycles.